The van der Waals surface area contributed by atoms with Gasteiger partial charge in [0.25, 0.3) is 5.91 Å². The Morgan fingerprint density at radius 2 is 2.25 bits per heavy atom. The van der Waals surface area contributed by atoms with Crippen LogP contribution in [0.2, 0.25) is 0 Å². The van der Waals surface area contributed by atoms with Gasteiger partial charge in [0.15, 0.2) is 5.69 Å². The number of carbonyl (C=O) groups excluding carboxylic acids is 1. The summed E-state index contributed by atoms with van der Waals surface area (Å²) in [6, 6.07) is 7.36. The van der Waals surface area contributed by atoms with Gasteiger partial charge >= 0.3 is 0 Å². The number of methoxy groups -OCH3 is 1. The van der Waals surface area contributed by atoms with Crippen LogP contribution in [0.5, 0.6) is 5.75 Å². The number of rotatable bonds is 4. The number of amides is 1. The molecule has 0 saturated carbocycles. The van der Waals surface area contributed by atoms with E-state index in [-0.39, 0.29) is 17.6 Å². The lowest BCUT2D eigenvalue weighted by molar-refractivity contribution is 0.0935. The van der Waals surface area contributed by atoms with Crippen molar-refractivity contribution in [2.24, 2.45) is 0 Å². The number of nitrogen functional groups attached to an aromatic ring is 1. The molecule has 1 heterocycles. The fourth-order valence-corrected chi connectivity index (χ4v) is 1.87. The number of nitrogens with one attached hydrogen (secondary N) is 2. The van der Waals surface area contributed by atoms with Crippen molar-refractivity contribution in [3.63, 3.8) is 0 Å². The van der Waals surface area contributed by atoms with Crippen LogP contribution in [0.4, 0.5) is 5.69 Å². The molecular formula is C14H18N4O2. The molecule has 0 aliphatic heterocycles. The lowest BCUT2D eigenvalue weighted by Crippen LogP contribution is -2.27. The third-order valence-electron chi connectivity index (χ3n) is 3.15. The van der Waals surface area contributed by atoms with Crippen LogP contribution in [0, 0.1) is 6.92 Å². The van der Waals surface area contributed by atoms with E-state index in [0.717, 1.165) is 11.3 Å². The first kappa shape index (κ1) is 13.9. The van der Waals surface area contributed by atoms with Crippen LogP contribution in [0.15, 0.2) is 24.3 Å². The molecule has 0 bridgehead atoms. The quantitative estimate of drug-likeness (QED) is 0.792. The fourth-order valence-electron chi connectivity index (χ4n) is 1.87. The van der Waals surface area contributed by atoms with Gasteiger partial charge in [-0.25, -0.2) is 0 Å². The normalized spacial score (nSPS) is 11.9. The number of H-pyrrole nitrogens is 1. The van der Waals surface area contributed by atoms with E-state index < -0.39 is 0 Å². The van der Waals surface area contributed by atoms with Crippen molar-refractivity contribution in [2.75, 3.05) is 12.8 Å². The molecule has 1 amide bonds. The number of hydrogen-bond acceptors (Lipinski definition) is 4. The second-order valence-electron chi connectivity index (χ2n) is 4.58. The molecule has 0 fully saturated rings. The van der Waals surface area contributed by atoms with Gasteiger partial charge in [0.05, 0.1) is 24.5 Å². The van der Waals surface area contributed by atoms with Crippen molar-refractivity contribution < 1.29 is 9.53 Å². The van der Waals surface area contributed by atoms with Gasteiger partial charge in [-0.15, -0.1) is 0 Å². The third-order valence-corrected chi connectivity index (χ3v) is 3.15. The molecule has 0 radical (unpaired) electrons. The minimum atomic E-state index is -0.304. The number of aromatic amines is 1. The van der Waals surface area contributed by atoms with E-state index in [9.17, 15) is 4.79 Å². The van der Waals surface area contributed by atoms with Crippen LogP contribution in [0.25, 0.3) is 0 Å². The summed E-state index contributed by atoms with van der Waals surface area (Å²) in [5.74, 6) is 0.445. The molecule has 1 aromatic heterocycles. The molecule has 1 atom stereocenters. The molecule has 2 aromatic rings. The van der Waals surface area contributed by atoms with E-state index in [0.29, 0.717) is 11.4 Å². The number of aromatic nitrogens is 2. The standard InChI is InChI=1S/C14H18N4O2/c1-8(10-5-4-6-11(7-10)20-3)16-14(19)13-12(15)9(2)17-18-13/h4-8H,15H2,1-3H3,(H,16,19)(H,17,18). The van der Waals surface area contributed by atoms with Crippen molar-refractivity contribution in [3.05, 3.63) is 41.2 Å². The molecule has 1 aromatic carbocycles. The molecule has 0 aliphatic rings. The Labute approximate surface area is 117 Å². The highest BCUT2D eigenvalue weighted by Crippen LogP contribution is 2.20. The van der Waals surface area contributed by atoms with Crippen molar-refractivity contribution in [3.8, 4) is 5.75 Å². The number of ether oxygens (including phenoxy) is 1. The highest BCUT2D eigenvalue weighted by atomic mass is 16.5. The Balaban J connectivity index is 2.12. The van der Waals surface area contributed by atoms with Gasteiger partial charge < -0.3 is 15.8 Å². The second kappa shape index (κ2) is 5.64. The predicted molar refractivity (Wildman–Crippen MR) is 76.6 cm³/mol. The summed E-state index contributed by atoms with van der Waals surface area (Å²) in [4.78, 5) is 12.1. The number of carbonyl (C=O) groups is 1. The molecule has 0 saturated heterocycles. The second-order valence-corrected chi connectivity index (χ2v) is 4.58. The monoisotopic (exact) mass is 274 g/mol. The molecule has 4 N–H and O–H groups in total. The molecule has 20 heavy (non-hydrogen) atoms. The van der Waals surface area contributed by atoms with Crippen molar-refractivity contribution in [2.45, 2.75) is 19.9 Å². The zero-order valence-corrected chi connectivity index (χ0v) is 11.7. The number of hydrogen-bond donors (Lipinski definition) is 3. The molecule has 6 nitrogen and oxygen atoms in total. The van der Waals surface area contributed by atoms with E-state index in [1.54, 1.807) is 14.0 Å². The average Bonchev–Trinajstić information content (AvgIpc) is 2.79. The largest absolute Gasteiger partial charge is 0.497 e. The molecule has 6 heteroatoms. The first-order chi connectivity index (χ1) is 9.52. The van der Waals surface area contributed by atoms with Crippen LogP contribution in [-0.2, 0) is 0 Å². The summed E-state index contributed by atoms with van der Waals surface area (Å²) in [7, 11) is 1.61. The van der Waals surface area contributed by atoms with E-state index in [4.69, 9.17) is 10.5 Å². The number of nitrogens with two attached hydrogens (primary N) is 1. The van der Waals surface area contributed by atoms with Gasteiger partial charge in [-0.05, 0) is 31.5 Å². The predicted octanol–water partition coefficient (Wildman–Crippen LogP) is 1.80. The van der Waals surface area contributed by atoms with Crippen LogP contribution in [0.1, 0.15) is 34.7 Å². The van der Waals surface area contributed by atoms with Gasteiger partial charge in [0.2, 0.25) is 0 Å². The summed E-state index contributed by atoms with van der Waals surface area (Å²) in [5, 5.41) is 9.46. The molecule has 2 rings (SSSR count). The van der Waals surface area contributed by atoms with Gasteiger partial charge in [-0.3, -0.25) is 9.89 Å². The van der Waals surface area contributed by atoms with Gasteiger partial charge in [0.1, 0.15) is 5.75 Å². The van der Waals surface area contributed by atoms with Crippen LogP contribution in [0.3, 0.4) is 0 Å². The molecule has 106 valence electrons. The fraction of sp³-hybridized carbons (Fsp3) is 0.286. The summed E-state index contributed by atoms with van der Waals surface area (Å²) in [6.45, 7) is 3.66. The Morgan fingerprint density at radius 1 is 1.50 bits per heavy atom. The number of anilines is 1. The van der Waals surface area contributed by atoms with E-state index in [1.807, 2.05) is 31.2 Å². The minimum Gasteiger partial charge on any atom is -0.497 e. The van der Waals surface area contributed by atoms with E-state index in [1.165, 1.54) is 0 Å². The number of aryl methyl sites for hydroxylation is 1. The Hall–Kier alpha value is -2.50. The van der Waals surface area contributed by atoms with Gasteiger partial charge in [-0.2, -0.15) is 5.10 Å². The zero-order valence-electron chi connectivity index (χ0n) is 11.7. The lowest BCUT2D eigenvalue weighted by atomic mass is 10.1. The molecule has 1 unspecified atom stereocenters. The van der Waals surface area contributed by atoms with Crippen molar-refractivity contribution in [1.82, 2.24) is 15.5 Å². The Kier molecular flexibility index (Phi) is 3.93. The summed E-state index contributed by atoms with van der Waals surface area (Å²) in [5.41, 5.74) is 8.02. The number of nitrogens with zero attached hydrogens (tertiary/aromatic N) is 1. The van der Waals surface area contributed by atoms with Gasteiger partial charge in [0, 0.05) is 0 Å². The first-order valence-corrected chi connectivity index (χ1v) is 6.28. The number of benzene rings is 1. The Morgan fingerprint density at radius 3 is 2.85 bits per heavy atom. The smallest absolute Gasteiger partial charge is 0.274 e. The Bertz CT molecular complexity index is 621. The topological polar surface area (TPSA) is 93.0 Å². The SMILES string of the molecule is COc1cccc(C(C)NC(=O)c2n[nH]c(C)c2N)c1. The van der Waals surface area contributed by atoms with E-state index in [2.05, 4.69) is 15.5 Å². The molecule has 0 spiro atoms. The summed E-state index contributed by atoms with van der Waals surface area (Å²) >= 11 is 0. The van der Waals surface area contributed by atoms with Crippen molar-refractivity contribution >= 4 is 11.6 Å². The van der Waals surface area contributed by atoms with Crippen molar-refractivity contribution in [1.29, 1.82) is 0 Å². The highest BCUT2D eigenvalue weighted by Gasteiger charge is 2.18. The summed E-state index contributed by atoms with van der Waals surface area (Å²) in [6.07, 6.45) is 0. The van der Waals surface area contributed by atoms with Crippen LogP contribution in [-0.4, -0.2) is 23.2 Å². The first-order valence-electron chi connectivity index (χ1n) is 6.28. The summed E-state index contributed by atoms with van der Waals surface area (Å²) < 4.78 is 5.17. The van der Waals surface area contributed by atoms with Crippen LogP contribution < -0.4 is 15.8 Å². The maximum atomic E-state index is 12.1. The lowest BCUT2D eigenvalue weighted by Gasteiger charge is -2.14. The molecular weight excluding hydrogens is 256 g/mol. The zero-order chi connectivity index (χ0) is 14.7. The average molecular weight is 274 g/mol. The third kappa shape index (κ3) is 2.74. The van der Waals surface area contributed by atoms with Crippen LogP contribution >= 0.6 is 0 Å². The van der Waals surface area contributed by atoms with E-state index >= 15 is 0 Å². The highest BCUT2D eigenvalue weighted by molar-refractivity contribution is 5.97. The maximum Gasteiger partial charge on any atom is 0.274 e. The maximum absolute atomic E-state index is 12.1. The van der Waals surface area contributed by atoms with Gasteiger partial charge in [-0.1, -0.05) is 12.1 Å². The molecule has 0 aliphatic carbocycles. The minimum absolute atomic E-state index is 0.172.